The van der Waals surface area contributed by atoms with Gasteiger partial charge in [0.05, 0.1) is 3.92 Å². The monoisotopic (exact) mass is 616 g/mol. The molecular weight excluding hydrogens is 584 g/mol. The number of halogens is 1. The summed E-state index contributed by atoms with van der Waals surface area (Å²) in [5, 5.41) is 5.13. The lowest BCUT2D eigenvalue weighted by Gasteiger charge is -2.35. The molecule has 6 nitrogen and oxygen atoms in total. The molecule has 4 aromatic rings. The molecular formula is C28H32IN3O3P+. The van der Waals surface area contributed by atoms with Gasteiger partial charge in [-0.25, -0.2) is 9.67 Å². The van der Waals surface area contributed by atoms with E-state index in [-0.39, 0.29) is 0 Å². The van der Waals surface area contributed by atoms with Gasteiger partial charge in [-0.15, -0.1) is 9.79 Å². The minimum atomic E-state index is -2.87. The molecule has 0 aliphatic rings. The number of aromatic nitrogens is 3. The minimum absolute atomic E-state index is 0.291. The van der Waals surface area contributed by atoms with Gasteiger partial charge in [0.15, 0.2) is 5.82 Å². The molecule has 0 aliphatic carbocycles. The molecule has 1 aromatic heterocycles. The smallest absolute Gasteiger partial charge is 0.233 e. The highest BCUT2D eigenvalue weighted by Gasteiger charge is 2.40. The molecule has 0 saturated carbocycles. The van der Waals surface area contributed by atoms with E-state index in [1.165, 1.54) is 29.5 Å². The molecule has 36 heavy (non-hydrogen) atoms. The number of benzene rings is 3. The van der Waals surface area contributed by atoms with Crippen molar-refractivity contribution in [3.8, 4) is 0 Å². The Morgan fingerprint density at radius 1 is 0.833 bits per heavy atom. The highest BCUT2D eigenvalue weighted by molar-refractivity contribution is 14.1. The van der Waals surface area contributed by atoms with Crippen LogP contribution >= 0.6 is 30.8 Å². The average molecular weight is 616 g/mol. The van der Waals surface area contributed by atoms with Gasteiger partial charge in [-0.1, -0.05) is 140 Å². The minimum Gasteiger partial charge on any atom is -0.233 e. The summed E-state index contributed by atoms with van der Waals surface area (Å²) in [5.74, 6) is 1.61. The highest BCUT2D eigenvalue weighted by Crippen LogP contribution is 2.41. The van der Waals surface area contributed by atoms with Gasteiger partial charge >= 0.3 is 8.25 Å². The summed E-state index contributed by atoms with van der Waals surface area (Å²) in [7, 11) is -2.87. The SMILES string of the molecule is CCC(CC)CC(I)c1ncn(C(c2ccccc2)(c2ccccc2)c2ccccc2)n1.O=[P+](O)O. The lowest BCUT2D eigenvalue weighted by Crippen LogP contribution is -2.38. The van der Waals surface area contributed by atoms with Gasteiger partial charge in [-0.05, 0) is 29.0 Å². The molecule has 1 unspecified atom stereocenters. The van der Waals surface area contributed by atoms with E-state index in [9.17, 15) is 0 Å². The molecule has 0 saturated heterocycles. The van der Waals surface area contributed by atoms with E-state index in [4.69, 9.17) is 24.4 Å². The predicted octanol–water partition coefficient (Wildman–Crippen LogP) is 7.05. The average Bonchev–Trinajstić information content (AvgIpc) is 3.40. The van der Waals surface area contributed by atoms with Crippen molar-refractivity contribution in [3.05, 3.63) is 120 Å². The maximum atomic E-state index is 8.70. The topological polar surface area (TPSA) is 88.2 Å². The number of alkyl halides is 1. The maximum absolute atomic E-state index is 8.70. The molecule has 0 bridgehead atoms. The Balaban J connectivity index is 0.000000840. The van der Waals surface area contributed by atoms with E-state index in [0.29, 0.717) is 9.84 Å². The number of hydrogen-bond donors (Lipinski definition) is 2. The van der Waals surface area contributed by atoms with Crippen molar-refractivity contribution in [2.24, 2.45) is 5.92 Å². The van der Waals surface area contributed by atoms with E-state index in [1.807, 2.05) is 6.33 Å². The second-order valence-corrected chi connectivity index (χ2v) is 10.5. The molecule has 188 valence electrons. The van der Waals surface area contributed by atoms with Gasteiger partial charge in [-0.2, -0.15) is 5.10 Å². The van der Waals surface area contributed by atoms with Crippen LogP contribution < -0.4 is 0 Å². The van der Waals surface area contributed by atoms with Crippen molar-refractivity contribution < 1.29 is 14.4 Å². The van der Waals surface area contributed by atoms with Crippen LogP contribution in [0.4, 0.5) is 0 Å². The highest BCUT2D eigenvalue weighted by atomic mass is 127. The zero-order valence-corrected chi connectivity index (χ0v) is 23.5. The molecule has 0 amide bonds. The van der Waals surface area contributed by atoms with Crippen molar-refractivity contribution in [1.82, 2.24) is 14.8 Å². The van der Waals surface area contributed by atoms with Crippen LogP contribution in [0, 0.1) is 5.92 Å². The quantitative estimate of drug-likeness (QED) is 0.0911. The summed E-state index contributed by atoms with van der Waals surface area (Å²) in [4.78, 5) is 19.1. The second kappa shape index (κ2) is 13.7. The first-order chi connectivity index (χ1) is 17.4. The molecule has 0 aliphatic heterocycles. The van der Waals surface area contributed by atoms with E-state index in [1.54, 1.807) is 0 Å². The fraction of sp³-hybridized carbons (Fsp3) is 0.286. The zero-order chi connectivity index (χ0) is 26.0. The molecule has 2 N–H and O–H groups in total. The predicted molar refractivity (Wildman–Crippen MR) is 152 cm³/mol. The normalized spacial score (nSPS) is 12.1. The third-order valence-electron chi connectivity index (χ3n) is 6.40. The van der Waals surface area contributed by atoms with Gasteiger partial charge in [0.1, 0.15) is 11.9 Å². The van der Waals surface area contributed by atoms with Crippen molar-refractivity contribution in [3.63, 3.8) is 0 Å². The van der Waals surface area contributed by atoms with Crippen LogP contribution in [0.15, 0.2) is 97.3 Å². The first-order valence-corrected chi connectivity index (χ1v) is 14.4. The Morgan fingerprint density at radius 2 is 1.22 bits per heavy atom. The van der Waals surface area contributed by atoms with Gasteiger partial charge in [0.25, 0.3) is 0 Å². The molecule has 8 heteroatoms. The van der Waals surface area contributed by atoms with Gasteiger partial charge < -0.3 is 0 Å². The number of hydrogen-bond acceptors (Lipinski definition) is 3. The van der Waals surface area contributed by atoms with Gasteiger partial charge in [0.2, 0.25) is 0 Å². The second-order valence-electron chi connectivity index (χ2n) is 8.49. The lowest BCUT2D eigenvalue weighted by molar-refractivity contribution is 0.405. The Labute approximate surface area is 227 Å². The van der Waals surface area contributed by atoms with Gasteiger partial charge in [0, 0.05) is 4.57 Å². The van der Waals surface area contributed by atoms with Crippen LogP contribution in [0.5, 0.6) is 0 Å². The molecule has 0 radical (unpaired) electrons. The van der Waals surface area contributed by atoms with Crippen molar-refractivity contribution in [1.29, 1.82) is 0 Å². The largest absolute Gasteiger partial charge is 0.692 e. The Hall–Kier alpha value is -2.45. The Bertz CT molecular complexity index is 1100. The van der Waals surface area contributed by atoms with Crippen molar-refractivity contribution >= 4 is 30.8 Å². The number of nitrogens with zero attached hydrogens (tertiary/aromatic N) is 3. The third kappa shape index (κ3) is 6.65. The summed E-state index contributed by atoms with van der Waals surface area (Å²) >= 11 is 2.52. The van der Waals surface area contributed by atoms with E-state index in [2.05, 4.69) is 132 Å². The molecule has 4 rings (SSSR count). The first kappa shape index (κ1) is 28.1. The third-order valence-corrected chi connectivity index (χ3v) is 7.47. The Kier molecular flexibility index (Phi) is 10.7. The van der Waals surface area contributed by atoms with Gasteiger partial charge in [-0.3, -0.25) is 0 Å². The van der Waals surface area contributed by atoms with Crippen molar-refractivity contribution in [2.45, 2.75) is 42.6 Å². The molecule has 0 spiro atoms. The Morgan fingerprint density at radius 3 is 1.58 bits per heavy atom. The zero-order valence-electron chi connectivity index (χ0n) is 20.5. The fourth-order valence-corrected chi connectivity index (χ4v) is 5.54. The summed E-state index contributed by atoms with van der Waals surface area (Å²) in [6.07, 6.45) is 5.41. The summed E-state index contributed by atoms with van der Waals surface area (Å²) < 4.78 is 11.1. The maximum Gasteiger partial charge on any atom is 0.692 e. The lowest BCUT2D eigenvalue weighted by atomic mass is 9.77. The van der Waals surface area contributed by atoms with E-state index >= 15 is 0 Å². The summed E-state index contributed by atoms with van der Waals surface area (Å²) in [5.41, 5.74) is 2.90. The molecule has 3 aromatic carbocycles. The fourth-order valence-electron chi connectivity index (χ4n) is 4.54. The molecule has 0 fully saturated rings. The van der Waals surface area contributed by atoms with Crippen LogP contribution in [0.1, 0.15) is 59.5 Å². The first-order valence-electron chi connectivity index (χ1n) is 12.0. The summed E-state index contributed by atoms with van der Waals surface area (Å²) in [6.45, 7) is 4.55. The number of rotatable bonds is 9. The molecule has 1 atom stereocenters. The van der Waals surface area contributed by atoms with Crippen LogP contribution in [0.3, 0.4) is 0 Å². The van der Waals surface area contributed by atoms with Crippen molar-refractivity contribution in [2.75, 3.05) is 0 Å². The molecule has 1 heterocycles. The van der Waals surface area contributed by atoms with Crippen LogP contribution in [0.2, 0.25) is 0 Å². The van der Waals surface area contributed by atoms with Crippen LogP contribution in [0.25, 0.3) is 0 Å². The standard InChI is InChI=1S/C28H30IN3.HO3P/c1-3-22(4-2)20-26(29)27-30-21-32(31-27)28(23-14-8-5-9-15-23,24-16-10-6-11-17-24)25-18-12-7-13-19-25;1-4(2)3/h5-19,21-22,26H,3-4,20H2,1-2H3;(H-,1,2,3)/p+1. The summed E-state index contributed by atoms with van der Waals surface area (Å²) in [6, 6.07) is 31.9. The van der Waals surface area contributed by atoms with Crippen LogP contribution in [-0.4, -0.2) is 24.6 Å². The van der Waals surface area contributed by atoms with E-state index in [0.717, 1.165) is 12.2 Å². The van der Waals surface area contributed by atoms with Crippen LogP contribution in [-0.2, 0) is 10.1 Å². The van der Waals surface area contributed by atoms with E-state index < -0.39 is 13.8 Å².